The van der Waals surface area contributed by atoms with Gasteiger partial charge in [-0.15, -0.1) is 0 Å². The van der Waals surface area contributed by atoms with Gasteiger partial charge in [0.15, 0.2) is 0 Å². The van der Waals surface area contributed by atoms with Gasteiger partial charge in [0.2, 0.25) is 10.0 Å². The smallest absolute Gasteiger partial charge is 0.309 e. The molecule has 32 heavy (non-hydrogen) atoms. The molecule has 2 N–H and O–H groups in total. The number of benzene rings is 2. The highest BCUT2D eigenvalue weighted by Crippen LogP contribution is 2.34. The molecule has 0 amide bonds. The van der Waals surface area contributed by atoms with Crippen molar-refractivity contribution in [2.75, 3.05) is 26.3 Å². The van der Waals surface area contributed by atoms with Crippen molar-refractivity contribution in [3.8, 4) is 5.75 Å². The number of carbonyl (C=O) groups is 1. The number of para-hydroxylation sites is 1. The predicted molar refractivity (Wildman–Crippen MR) is 117 cm³/mol. The third-order valence-corrected chi connectivity index (χ3v) is 7.53. The zero-order valence-corrected chi connectivity index (χ0v) is 18.4. The van der Waals surface area contributed by atoms with Crippen molar-refractivity contribution in [3.63, 3.8) is 0 Å². The van der Waals surface area contributed by atoms with Gasteiger partial charge in [0.1, 0.15) is 12.4 Å². The first-order valence-electron chi connectivity index (χ1n) is 10.3. The molecular weight excluding hydrogens is 434 g/mol. The highest BCUT2D eigenvalue weighted by Gasteiger charge is 2.39. The standard InChI is InChI=1S/C22H25N3O6S/c1-15-13-24(32(29,30)17-8-6-16(7-9-17)31-11-10-26)14-21(15)25-20-5-3-2-4-18(20)19(23-25)12-22(27)28/h2-9,15,21,26H,10-14H2,1H3,(H,27,28)/t15-,21+/m1/s1. The van der Waals surface area contributed by atoms with E-state index in [9.17, 15) is 18.3 Å². The second-order valence-corrected chi connectivity index (χ2v) is 9.83. The number of hydrogen-bond acceptors (Lipinski definition) is 6. The minimum absolute atomic E-state index is 0.0158. The molecule has 1 saturated heterocycles. The van der Waals surface area contributed by atoms with Gasteiger partial charge in [0.25, 0.3) is 0 Å². The lowest BCUT2D eigenvalue weighted by Crippen LogP contribution is -2.29. The van der Waals surface area contributed by atoms with E-state index in [0.717, 1.165) is 10.9 Å². The zero-order valence-electron chi connectivity index (χ0n) is 17.6. The monoisotopic (exact) mass is 459 g/mol. The van der Waals surface area contributed by atoms with Gasteiger partial charge in [-0.05, 0) is 36.2 Å². The SMILES string of the molecule is C[C@@H]1CN(S(=O)(=O)c2ccc(OCCO)cc2)C[C@@H]1n1nc(CC(=O)O)c2ccccc21. The number of sulfonamides is 1. The number of aromatic nitrogens is 2. The third kappa shape index (κ3) is 4.21. The number of carboxylic acids is 1. The molecule has 0 saturated carbocycles. The lowest BCUT2D eigenvalue weighted by atomic mass is 10.1. The quantitative estimate of drug-likeness (QED) is 0.528. The number of carboxylic acid groups (broad SMARTS) is 1. The fourth-order valence-electron chi connectivity index (χ4n) is 4.12. The first kappa shape index (κ1) is 22.3. The molecule has 10 heteroatoms. The Hall–Kier alpha value is -2.95. The Morgan fingerprint density at radius 1 is 1.16 bits per heavy atom. The summed E-state index contributed by atoms with van der Waals surface area (Å²) in [5.74, 6) is -0.493. The van der Waals surface area contributed by atoms with Gasteiger partial charge >= 0.3 is 5.97 Å². The summed E-state index contributed by atoms with van der Waals surface area (Å²) in [6.07, 6.45) is -0.193. The van der Waals surface area contributed by atoms with E-state index in [1.165, 1.54) is 16.4 Å². The van der Waals surface area contributed by atoms with Crippen LogP contribution in [0.4, 0.5) is 0 Å². The summed E-state index contributed by atoms with van der Waals surface area (Å²) in [6.45, 7) is 2.56. The number of nitrogens with zero attached hydrogens (tertiary/aromatic N) is 3. The second kappa shape index (κ2) is 8.89. The average Bonchev–Trinajstić information content (AvgIpc) is 3.33. The molecule has 4 rings (SSSR count). The topological polar surface area (TPSA) is 122 Å². The molecule has 0 unspecified atom stereocenters. The van der Waals surface area contributed by atoms with Crippen molar-refractivity contribution in [2.24, 2.45) is 5.92 Å². The molecule has 2 heterocycles. The van der Waals surface area contributed by atoms with E-state index in [4.69, 9.17) is 9.84 Å². The minimum Gasteiger partial charge on any atom is -0.491 e. The molecule has 170 valence electrons. The Kier molecular flexibility index (Phi) is 6.18. The van der Waals surface area contributed by atoms with Gasteiger partial charge in [-0.1, -0.05) is 25.1 Å². The maximum absolute atomic E-state index is 13.2. The molecule has 2 atom stereocenters. The number of aliphatic hydroxyl groups excluding tert-OH is 1. The summed E-state index contributed by atoms with van der Waals surface area (Å²) in [5, 5.41) is 23.4. The molecular formula is C22H25N3O6S. The van der Waals surface area contributed by atoms with E-state index in [0.29, 0.717) is 18.0 Å². The van der Waals surface area contributed by atoms with Gasteiger partial charge in [-0.3, -0.25) is 9.48 Å². The van der Waals surface area contributed by atoms with Crippen LogP contribution < -0.4 is 4.74 Å². The Bertz CT molecular complexity index is 1220. The van der Waals surface area contributed by atoms with E-state index in [1.54, 1.807) is 16.8 Å². The van der Waals surface area contributed by atoms with Crippen molar-refractivity contribution in [3.05, 3.63) is 54.2 Å². The predicted octanol–water partition coefficient (Wildman–Crippen LogP) is 1.92. The maximum atomic E-state index is 13.2. The molecule has 1 aliphatic heterocycles. The van der Waals surface area contributed by atoms with Crippen LogP contribution in [0.2, 0.25) is 0 Å². The summed E-state index contributed by atoms with van der Waals surface area (Å²) < 4.78 is 35.0. The highest BCUT2D eigenvalue weighted by atomic mass is 32.2. The molecule has 1 aliphatic rings. The van der Waals surface area contributed by atoms with Crippen molar-refractivity contribution in [1.29, 1.82) is 0 Å². The van der Waals surface area contributed by atoms with Gasteiger partial charge in [-0.2, -0.15) is 9.40 Å². The molecule has 1 aromatic heterocycles. The highest BCUT2D eigenvalue weighted by molar-refractivity contribution is 7.89. The van der Waals surface area contributed by atoms with Crippen LogP contribution in [0, 0.1) is 5.92 Å². The second-order valence-electron chi connectivity index (χ2n) is 7.89. The molecule has 0 aliphatic carbocycles. The number of aliphatic carboxylic acids is 1. The molecule has 1 fully saturated rings. The third-order valence-electron chi connectivity index (χ3n) is 5.68. The van der Waals surface area contributed by atoms with Gasteiger partial charge in [0.05, 0.1) is 35.2 Å². The number of fused-ring (bicyclic) bond motifs is 1. The Labute approximate surface area is 185 Å². The summed E-state index contributed by atoms with van der Waals surface area (Å²) >= 11 is 0. The van der Waals surface area contributed by atoms with Crippen LogP contribution in [0.3, 0.4) is 0 Å². The first-order valence-corrected chi connectivity index (χ1v) is 11.8. The van der Waals surface area contributed by atoms with Crippen LogP contribution in [0.25, 0.3) is 10.9 Å². The first-order chi connectivity index (χ1) is 15.3. The number of ether oxygens (including phenoxy) is 1. The molecule has 0 spiro atoms. The van der Waals surface area contributed by atoms with E-state index in [-0.39, 0.29) is 43.0 Å². The van der Waals surface area contributed by atoms with Crippen LogP contribution in [0.5, 0.6) is 5.75 Å². The molecule has 9 nitrogen and oxygen atoms in total. The summed E-state index contributed by atoms with van der Waals surface area (Å²) in [5.41, 5.74) is 1.27. The lowest BCUT2D eigenvalue weighted by Gasteiger charge is -2.18. The number of hydrogen-bond donors (Lipinski definition) is 2. The molecule has 0 radical (unpaired) electrons. The molecule has 0 bridgehead atoms. The average molecular weight is 460 g/mol. The maximum Gasteiger partial charge on any atom is 0.309 e. The fraction of sp³-hybridized carbons (Fsp3) is 0.364. The van der Waals surface area contributed by atoms with E-state index in [2.05, 4.69) is 5.10 Å². The zero-order chi connectivity index (χ0) is 22.9. The van der Waals surface area contributed by atoms with Crippen LogP contribution in [0.15, 0.2) is 53.4 Å². The normalized spacial score (nSPS) is 19.4. The van der Waals surface area contributed by atoms with Crippen LogP contribution in [-0.2, 0) is 21.2 Å². The van der Waals surface area contributed by atoms with Crippen molar-refractivity contribution in [2.45, 2.75) is 24.3 Å². The lowest BCUT2D eigenvalue weighted by molar-refractivity contribution is -0.136. The van der Waals surface area contributed by atoms with Crippen molar-refractivity contribution < 1.29 is 28.2 Å². The van der Waals surface area contributed by atoms with Gasteiger partial charge in [0, 0.05) is 18.5 Å². The summed E-state index contributed by atoms with van der Waals surface area (Å²) in [7, 11) is -3.72. The van der Waals surface area contributed by atoms with Crippen LogP contribution in [-0.4, -0.2) is 65.0 Å². The van der Waals surface area contributed by atoms with Gasteiger partial charge < -0.3 is 14.9 Å². The molecule has 2 aromatic carbocycles. The number of aliphatic hydroxyl groups is 1. The minimum atomic E-state index is -3.72. The van der Waals surface area contributed by atoms with Gasteiger partial charge in [-0.25, -0.2) is 8.42 Å². The van der Waals surface area contributed by atoms with E-state index in [1.807, 2.05) is 31.2 Å². The Morgan fingerprint density at radius 2 is 1.88 bits per heavy atom. The summed E-state index contributed by atoms with van der Waals surface area (Å²) in [4.78, 5) is 11.4. The van der Waals surface area contributed by atoms with E-state index < -0.39 is 16.0 Å². The van der Waals surface area contributed by atoms with Crippen molar-refractivity contribution >= 4 is 26.9 Å². The van der Waals surface area contributed by atoms with Crippen LogP contribution in [0.1, 0.15) is 18.7 Å². The van der Waals surface area contributed by atoms with E-state index >= 15 is 0 Å². The Morgan fingerprint density at radius 3 is 2.56 bits per heavy atom. The van der Waals surface area contributed by atoms with Crippen LogP contribution >= 0.6 is 0 Å². The fourth-order valence-corrected chi connectivity index (χ4v) is 5.68. The number of rotatable bonds is 8. The largest absolute Gasteiger partial charge is 0.491 e. The summed E-state index contributed by atoms with van der Waals surface area (Å²) in [6, 6.07) is 13.3. The van der Waals surface area contributed by atoms with Crippen molar-refractivity contribution in [1.82, 2.24) is 14.1 Å². The Balaban J connectivity index is 1.61. The molecule has 3 aromatic rings.